The van der Waals surface area contributed by atoms with Crippen molar-refractivity contribution in [2.24, 2.45) is 5.92 Å². The second kappa shape index (κ2) is 8.77. The average molecular weight is 320 g/mol. The van der Waals surface area contributed by atoms with Crippen LogP contribution in [-0.4, -0.2) is 44.8 Å². The lowest BCUT2D eigenvalue weighted by Crippen LogP contribution is -2.45. The van der Waals surface area contributed by atoms with Gasteiger partial charge in [-0.25, -0.2) is 4.79 Å². The predicted octanol–water partition coefficient (Wildman–Crippen LogP) is 3.21. The number of nitrogens with zero attached hydrogens (tertiary/aromatic N) is 1. The largest absolute Gasteiger partial charge is 0.497 e. The number of amides is 2. The molecule has 0 aliphatic carbocycles. The molecule has 2 amide bonds. The number of ether oxygens (including phenoxy) is 2. The predicted molar refractivity (Wildman–Crippen MR) is 90.7 cm³/mol. The molecule has 23 heavy (non-hydrogen) atoms. The van der Waals surface area contributed by atoms with Crippen LogP contribution in [0.3, 0.4) is 0 Å². The minimum Gasteiger partial charge on any atom is -0.497 e. The zero-order valence-corrected chi connectivity index (χ0v) is 14.4. The summed E-state index contributed by atoms with van der Waals surface area (Å²) in [7, 11) is 3.39. The Balaban J connectivity index is 1.79. The highest BCUT2D eigenvalue weighted by molar-refractivity contribution is 5.74. The summed E-state index contributed by atoms with van der Waals surface area (Å²) in [6, 6.07) is 7.82. The number of hydrogen-bond donors (Lipinski definition) is 1. The Morgan fingerprint density at radius 1 is 1.26 bits per heavy atom. The first-order chi connectivity index (χ1) is 11.1. The number of carbonyl (C=O) groups is 1. The van der Waals surface area contributed by atoms with Crippen LogP contribution in [0.2, 0.25) is 0 Å². The Kier molecular flexibility index (Phi) is 6.71. The lowest BCUT2D eigenvalue weighted by atomic mass is 9.94. The number of piperidine rings is 1. The molecule has 0 bridgehead atoms. The summed E-state index contributed by atoms with van der Waals surface area (Å²) >= 11 is 0. The Labute approximate surface area is 139 Å². The second-order valence-electron chi connectivity index (χ2n) is 6.16. The monoisotopic (exact) mass is 320 g/mol. The molecule has 0 spiro atoms. The number of urea groups is 1. The third-order valence-corrected chi connectivity index (χ3v) is 4.59. The summed E-state index contributed by atoms with van der Waals surface area (Å²) in [5.41, 5.74) is 1.08. The Morgan fingerprint density at radius 3 is 2.48 bits per heavy atom. The third-order valence-electron chi connectivity index (χ3n) is 4.59. The highest BCUT2D eigenvalue weighted by Crippen LogP contribution is 2.22. The molecule has 1 saturated heterocycles. The molecular formula is C18H28N2O3. The van der Waals surface area contributed by atoms with Crippen LogP contribution >= 0.6 is 0 Å². The van der Waals surface area contributed by atoms with Crippen LogP contribution < -0.4 is 10.1 Å². The quantitative estimate of drug-likeness (QED) is 0.875. The van der Waals surface area contributed by atoms with Gasteiger partial charge >= 0.3 is 6.03 Å². The minimum atomic E-state index is -0.0142. The maximum atomic E-state index is 12.4. The molecule has 5 nitrogen and oxygen atoms in total. The fraction of sp³-hybridized carbons (Fsp3) is 0.611. The molecule has 1 N–H and O–H groups in total. The van der Waals surface area contributed by atoms with Gasteiger partial charge in [-0.1, -0.05) is 12.1 Å². The van der Waals surface area contributed by atoms with Crippen LogP contribution in [0, 0.1) is 5.92 Å². The van der Waals surface area contributed by atoms with E-state index >= 15 is 0 Å². The van der Waals surface area contributed by atoms with Crippen molar-refractivity contribution in [2.75, 3.05) is 33.9 Å². The fourth-order valence-electron chi connectivity index (χ4n) is 2.96. The molecule has 1 aromatic carbocycles. The molecule has 5 heteroatoms. The van der Waals surface area contributed by atoms with Gasteiger partial charge < -0.3 is 19.7 Å². The molecule has 1 aliphatic heterocycles. The summed E-state index contributed by atoms with van der Waals surface area (Å²) in [4.78, 5) is 14.3. The van der Waals surface area contributed by atoms with E-state index in [2.05, 4.69) is 5.32 Å². The molecule has 0 unspecified atom stereocenters. The van der Waals surface area contributed by atoms with E-state index in [0.717, 1.165) is 50.3 Å². The van der Waals surface area contributed by atoms with Crippen molar-refractivity contribution in [3.8, 4) is 5.75 Å². The number of benzene rings is 1. The topological polar surface area (TPSA) is 50.8 Å². The summed E-state index contributed by atoms with van der Waals surface area (Å²) in [6.45, 7) is 4.47. The molecule has 128 valence electrons. The van der Waals surface area contributed by atoms with Crippen LogP contribution in [0.4, 0.5) is 4.79 Å². The number of nitrogens with one attached hydrogen (secondary N) is 1. The van der Waals surface area contributed by atoms with Crippen molar-refractivity contribution in [3.63, 3.8) is 0 Å². The second-order valence-corrected chi connectivity index (χ2v) is 6.16. The summed E-state index contributed by atoms with van der Waals surface area (Å²) < 4.78 is 10.3. The SMILES string of the molecule is COCCC1CCN(C(=O)N[C@H](C)c2ccc(OC)cc2)CC1. The summed E-state index contributed by atoms with van der Waals surface area (Å²) in [5.74, 6) is 1.50. The molecule has 1 aromatic rings. The number of likely N-dealkylation sites (tertiary alicyclic amines) is 1. The van der Waals surface area contributed by atoms with E-state index in [1.165, 1.54) is 0 Å². The fourth-order valence-corrected chi connectivity index (χ4v) is 2.96. The first kappa shape index (κ1) is 17.6. The van der Waals surface area contributed by atoms with Gasteiger partial charge in [-0.05, 0) is 49.8 Å². The van der Waals surface area contributed by atoms with E-state index in [9.17, 15) is 4.79 Å². The van der Waals surface area contributed by atoms with Crippen LogP contribution in [-0.2, 0) is 4.74 Å². The minimum absolute atomic E-state index is 0.0142. The van der Waals surface area contributed by atoms with Gasteiger partial charge in [-0.2, -0.15) is 0 Å². The van der Waals surface area contributed by atoms with Crippen molar-refractivity contribution >= 4 is 6.03 Å². The zero-order valence-electron chi connectivity index (χ0n) is 14.4. The van der Waals surface area contributed by atoms with Crippen molar-refractivity contribution in [1.29, 1.82) is 0 Å². The Bertz CT molecular complexity index is 482. The van der Waals surface area contributed by atoms with E-state index in [1.54, 1.807) is 14.2 Å². The maximum absolute atomic E-state index is 12.4. The average Bonchev–Trinajstić information content (AvgIpc) is 2.60. The van der Waals surface area contributed by atoms with Gasteiger partial charge in [0.2, 0.25) is 0 Å². The number of rotatable bonds is 6. The van der Waals surface area contributed by atoms with Gasteiger partial charge in [-0.3, -0.25) is 0 Å². The molecule has 0 aromatic heterocycles. The van der Waals surface area contributed by atoms with Gasteiger partial charge in [-0.15, -0.1) is 0 Å². The van der Waals surface area contributed by atoms with Crippen molar-refractivity contribution in [3.05, 3.63) is 29.8 Å². The molecule has 1 fully saturated rings. The van der Waals surface area contributed by atoms with Crippen molar-refractivity contribution in [1.82, 2.24) is 10.2 Å². The van der Waals surface area contributed by atoms with Gasteiger partial charge in [0.1, 0.15) is 5.75 Å². The third kappa shape index (κ3) is 5.13. The van der Waals surface area contributed by atoms with E-state index in [4.69, 9.17) is 9.47 Å². The first-order valence-corrected chi connectivity index (χ1v) is 8.32. The van der Waals surface area contributed by atoms with E-state index in [-0.39, 0.29) is 12.1 Å². The Hall–Kier alpha value is -1.75. The molecule has 1 aliphatic rings. The molecule has 2 rings (SSSR count). The number of methoxy groups -OCH3 is 2. The number of carbonyl (C=O) groups excluding carboxylic acids is 1. The highest BCUT2D eigenvalue weighted by Gasteiger charge is 2.23. The lowest BCUT2D eigenvalue weighted by molar-refractivity contribution is 0.138. The molecule has 0 saturated carbocycles. The highest BCUT2D eigenvalue weighted by atomic mass is 16.5. The van der Waals surface area contributed by atoms with E-state index in [0.29, 0.717) is 5.92 Å². The van der Waals surface area contributed by atoms with Crippen LogP contribution in [0.5, 0.6) is 5.75 Å². The number of hydrogen-bond acceptors (Lipinski definition) is 3. The zero-order chi connectivity index (χ0) is 16.7. The smallest absolute Gasteiger partial charge is 0.317 e. The van der Waals surface area contributed by atoms with Crippen LogP contribution in [0.25, 0.3) is 0 Å². The standard InChI is InChI=1S/C18H28N2O3/c1-14(16-4-6-17(23-3)7-5-16)19-18(21)20-11-8-15(9-12-20)10-13-22-2/h4-7,14-15H,8-13H2,1-3H3,(H,19,21)/t14-/m1/s1. The normalized spacial score (nSPS) is 16.9. The maximum Gasteiger partial charge on any atom is 0.317 e. The van der Waals surface area contributed by atoms with Gasteiger partial charge in [0.05, 0.1) is 13.2 Å². The van der Waals surface area contributed by atoms with Crippen LogP contribution in [0.15, 0.2) is 24.3 Å². The molecular weight excluding hydrogens is 292 g/mol. The summed E-state index contributed by atoms with van der Waals surface area (Å²) in [5, 5.41) is 3.08. The van der Waals surface area contributed by atoms with Crippen molar-refractivity contribution in [2.45, 2.75) is 32.2 Å². The van der Waals surface area contributed by atoms with E-state index < -0.39 is 0 Å². The van der Waals surface area contributed by atoms with Gasteiger partial charge in [0, 0.05) is 26.8 Å². The molecule has 0 radical (unpaired) electrons. The van der Waals surface area contributed by atoms with E-state index in [1.807, 2.05) is 36.1 Å². The lowest BCUT2D eigenvalue weighted by Gasteiger charge is -2.32. The molecule has 1 heterocycles. The van der Waals surface area contributed by atoms with Gasteiger partial charge in [0.15, 0.2) is 0 Å². The van der Waals surface area contributed by atoms with Gasteiger partial charge in [0.25, 0.3) is 0 Å². The van der Waals surface area contributed by atoms with Crippen molar-refractivity contribution < 1.29 is 14.3 Å². The summed E-state index contributed by atoms with van der Waals surface area (Å²) in [6.07, 6.45) is 3.22. The van der Waals surface area contributed by atoms with Crippen LogP contribution in [0.1, 0.15) is 37.8 Å². The Morgan fingerprint density at radius 2 is 1.91 bits per heavy atom. The molecule has 1 atom stereocenters. The first-order valence-electron chi connectivity index (χ1n) is 8.32.